The molecule has 5 heteroatoms. The van der Waals surface area contributed by atoms with Crippen LogP contribution in [0.5, 0.6) is 11.5 Å². The van der Waals surface area contributed by atoms with E-state index in [0.29, 0.717) is 28.9 Å². The average Bonchev–Trinajstić information content (AvgIpc) is 2.94. The third kappa shape index (κ3) is 2.50. The lowest BCUT2D eigenvalue weighted by molar-refractivity contribution is 0.0698. The molecule has 2 aliphatic heterocycles. The van der Waals surface area contributed by atoms with Gasteiger partial charge in [-0.25, -0.2) is 0 Å². The Labute approximate surface area is 117 Å². The molecule has 1 saturated heterocycles. The Bertz CT molecular complexity index is 484. The van der Waals surface area contributed by atoms with Crippen molar-refractivity contribution in [3.63, 3.8) is 0 Å². The molecule has 0 saturated carbocycles. The number of fused-ring (bicyclic) bond motifs is 1. The number of hydrogen-bond donors (Lipinski definition) is 0. The molecule has 19 heavy (non-hydrogen) atoms. The summed E-state index contributed by atoms with van der Waals surface area (Å²) >= 11 is 5.85. The molecule has 0 N–H and O–H groups in total. The Hall–Kier alpha value is -1.42. The highest BCUT2D eigenvalue weighted by atomic mass is 35.5. The smallest absolute Gasteiger partial charge is 0.253 e. The summed E-state index contributed by atoms with van der Waals surface area (Å²) in [5, 5.41) is 0. The predicted molar refractivity (Wildman–Crippen MR) is 71.9 cm³/mol. The second kappa shape index (κ2) is 5.29. The molecular weight excluding hydrogens is 266 g/mol. The van der Waals surface area contributed by atoms with Crippen LogP contribution >= 0.6 is 11.6 Å². The van der Waals surface area contributed by atoms with E-state index < -0.39 is 0 Å². The number of amides is 1. The van der Waals surface area contributed by atoms with Crippen LogP contribution in [-0.4, -0.2) is 36.6 Å². The maximum absolute atomic E-state index is 12.4. The van der Waals surface area contributed by atoms with Gasteiger partial charge in [-0.1, -0.05) is 0 Å². The molecule has 3 rings (SSSR count). The molecule has 0 aliphatic carbocycles. The lowest BCUT2D eigenvalue weighted by atomic mass is 9.98. The van der Waals surface area contributed by atoms with Crippen LogP contribution < -0.4 is 9.47 Å². The number of carbonyl (C=O) groups is 1. The summed E-state index contributed by atoms with van der Waals surface area (Å²) < 4.78 is 10.5. The molecular formula is C14H16ClNO3. The van der Waals surface area contributed by atoms with E-state index in [-0.39, 0.29) is 12.7 Å². The van der Waals surface area contributed by atoms with E-state index in [9.17, 15) is 4.79 Å². The van der Waals surface area contributed by atoms with Crippen molar-refractivity contribution < 1.29 is 14.3 Å². The van der Waals surface area contributed by atoms with Gasteiger partial charge in [0.1, 0.15) is 0 Å². The Morgan fingerprint density at radius 2 is 2.00 bits per heavy atom. The summed E-state index contributed by atoms with van der Waals surface area (Å²) in [5.74, 6) is 2.65. The standard InChI is InChI=1S/C14H16ClNO3/c15-8-10-3-5-16(6-4-10)14(17)11-1-2-12-13(7-11)19-9-18-12/h1-2,7,10H,3-6,8-9H2. The van der Waals surface area contributed by atoms with Crippen LogP contribution in [0, 0.1) is 5.92 Å². The molecule has 0 spiro atoms. The van der Waals surface area contributed by atoms with E-state index in [2.05, 4.69) is 0 Å². The van der Waals surface area contributed by atoms with Gasteiger partial charge in [-0.15, -0.1) is 11.6 Å². The van der Waals surface area contributed by atoms with E-state index >= 15 is 0 Å². The highest BCUT2D eigenvalue weighted by molar-refractivity contribution is 6.18. The number of carbonyl (C=O) groups excluding carboxylic acids is 1. The average molecular weight is 282 g/mol. The van der Waals surface area contributed by atoms with Gasteiger partial charge < -0.3 is 14.4 Å². The monoisotopic (exact) mass is 281 g/mol. The zero-order chi connectivity index (χ0) is 13.2. The third-order valence-corrected chi connectivity index (χ3v) is 4.18. The second-order valence-corrected chi connectivity index (χ2v) is 5.27. The molecule has 1 aromatic carbocycles. The number of alkyl halides is 1. The van der Waals surface area contributed by atoms with Gasteiger partial charge in [0.05, 0.1) is 0 Å². The quantitative estimate of drug-likeness (QED) is 0.782. The Morgan fingerprint density at radius 3 is 2.74 bits per heavy atom. The van der Waals surface area contributed by atoms with Crippen LogP contribution in [0.25, 0.3) is 0 Å². The minimum absolute atomic E-state index is 0.0614. The predicted octanol–water partition coefficient (Wildman–Crippen LogP) is 2.51. The molecule has 1 fully saturated rings. The van der Waals surface area contributed by atoms with Crippen molar-refractivity contribution in [2.24, 2.45) is 5.92 Å². The van der Waals surface area contributed by atoms with Gasteiger partial charge in [0, 0.05) is 24.5 Å². The molecule has 1 aromatic rings. The first-order valence-corrected chi connectivity index (χ1v) is 7.06. The fraction of sp³-hybridized carbons (Fsp3) is 0.500. The van der Waals surface area contributed by atoms with Gasteiger partial charge in [0.15, 0.2) is 11.5 Å². The summed E-state index contributed by atoms with van der Waals surface area (Å²) in [6.07, 6.45) is 1.97. The molecule has 0 unspecified atom stereocenters. The largest absolute Gasteiger partial charge is 0.454 e. The van der Waals surface area contributed by atoms with Crippen LogP contribution in [-0.2, 0) is 0 Å². The number of likely N-dealkylation sites (tertiary alicyclic amines) is 1. The molecule has 0 radical (unpaired) electrons. The Morgan fingerprint density at radius 1 is 1.26 bits per heavy atom. The number of ether oxygens (including phenoxy) is 2. The van der Waals surface area contributed by atoms with E-state index in [0.717, 1.165) is 25.9 Å². The van der Waals surface area contributed by atoms with Crippen molar-refractivity contribution in [2.75, 3.05) is 25.8 Å². The van der Waals surface area contributed by atoms with Crippen molar-refractivity contribution in [3.05, 3.63) is 23.8 Å². The highest BCUT2D eigenvalue weighted by Crippen LogP contribution is 2.33. The topological polar surface area (TPSA) is 38.8 Å². The minimum Gasteiger partial charge on any atom is -0.454 e. The van der Waals surface area contributed by atoms with E-state index in [1.165, 1.54) is 0 Å². The van der Waals surface area contributed by atoms with Crippen molar-refractivity contribution in [1.82, 2.24) is 4.90 Å². The van der Waals surface area contributed by atoms with Crippen molar-refractivity contribution in [1.29, 1.82) is 0 Å². The van der Waals surface area contributed by atoms with Crippen LogP contribution in [0.2, 0.25) is 0 Å². The summed E-state index contributed by atoms with van der Waals surface area (Å²) in [5.41, 5.74) is 0.661. The lowest BCUT2D eigenvalue weighted by Crippen LogP contribution is -2.38. The first kappa shape index (κ1) is 12.6. The van der Waals surface area contributed by atoms with E-state index in [1.54, 1.807) is 18.2 Å². The van der Waals surface area contributed by atoms with Gasteiger partial charge in [-0.05, 0) is 37.0 Å². The Kier molecular flexibility index (Phi) is 3.51. The number of benzene rings is 1. The van der Waals surface area contributed by atoms with Crippen LogP contribution in [0.3, 0.4) is 0 Å². The minimum atomic E-state index is 0.0614. The molecule has 0 aromatic heterocycles. The van der Waals surface area contributed by atoms with Crippen molar-refractivity contribution in [3.8, 4) is 11.5 Å². The maximum atomic E-state index is 12.4. The first-order valence-electron chi connectivity index (χ1n) is 6.53. The highest BCUT2D eigenvalue weighted by Gasteiger charge is 2.24. The lowest BCUT2D eigenvalue weighted by Gasteiger charge is -2.31. The molecule has 1 amide bonds. The summed E-state index contributed by atoms with van der Waals surface area (Å²) in [6.45, 7) is 1.80. The number of piperidine rings is 1. The van der Waals surface area contributed by atoms with Gasteiger partial charge in [0.25, 0.3) is 5.91 Å². The molecule has 2 heterocycles. The summed E-state index contributed by atoms with van der Waals surface area (Å²) in [6, 6.07) is 5.35. The van der Waals surface area contributed by atoms with E-state index in [1.807, 2.05) is 4.90 Å². The van der Waals surface area contributed by atoms with Gasteiger partial charge in [-0.2, -0.15) is 0 Å². The van der Waals surface area contributed by atoms with Crippen molar-refractivity contribution in [2.45, 2.75) is 12.8 Å². The molecule has 0 atom stereocenters. The normalized spacial score (nSPS) is 18.7. The van der Waals surface area contributed by atoms with Gasteiger partial charge in [-0.3, -0.25) is 4.79 Å². The molecule has 2 aliphatic rings. The summed E-state index contributed by atoms with van der Waals surface area (Å²) in [7, 11) is 0. The Balaban J connectivity index is 1.70. The third-order valence-electron chi connectivity index (χ3n) is 3.74. The first-order chi connectivity index (χ1) is 9.28. The number of halogens is 1. The zero-order valence-electron chi connectivity index (χ0n) is 10.6. The molecule has 4 nitrogen and oxygen atoms in total. The van der Waals surface area contributed by atoms with Crippen LogP contribution in [0.4, 0.5) is 0 Å². The molecule has 0 bridgehead atoms. The number of hydrogen-bond acceptors (Lipinski definition) is 3. The maximum Gasteiger partial charge on any atom is 0.253 e. The fourth-order valence-electron chi connectivity index (χ4n) is 2.50. The van der Waals surface area contributed by atoms with Gasteiger partial charge in [0.2, 0.25) is 6.79 Å². The summed E-state index contributed by atoms with van der Waals surface area (Å²) in [4.78, 5) is 14.3. The SMILES string of the molecule is O=C(c1ccc2c(c1)OCO2)N1CCC(CCl)CC1. The van der Waals surface area contributed by atoms with Gasteiger partial charge >= 0.3 is 0 Å². The molecule has 102 valence electrons. The number of rotatable bonds is 2. The number of nitrogens with zero attached hydrogens (tertiary/aromatic N) is 1. The second-order valence-electron chi connectivity index (χ2n) is 4.96. The van der Waals surface area contributed by atoms with Crippen LogP contribution in [0.1, 0.15) is 23.2 Å². The van der Waals surface area contributed by atoms with Crippen molar-refractivity contribution >= 4 is 17.5 Å². The van der Waals surface area contributed by atoms with E-state index in [4.69, 9.17) is 21.1 Å². The zero-order valence-corrected chi connectivity index (χ0v) is 11.4. The fourth-order valence-corrected chi connectivity index (χ4v) is 2.81. The van der Waals surface area contributed by atoms with Crippen LogP contribution in [0.15, 0.2) is 18.2 Å².